The number of thioether (sulfide) groups is 3. The fourth-order valence-electron chi connectivity index (χ4n) is 8.30. The van der Waals surface area contributed by atoms with Gasteiger partial charge >= 0.3 is 11.9 Å². The minimum absolute atomic E-state index is 0.169. The second-order valence-electron chi connectivity index (χ2n) is 17.3. The molecule has 0 N–H and O–H groups in total. The van der Waals surface area contributed by atoms with Crippen molar-refractivity contribution < 1.29 is 19.1 Å². The molecule has 352 valence electrons. The Hall–Kier alpha value is 1.23. The molecule has 0 amide bonds. The van der Waals surface area contributed by atoms with Crippen LogP contribution in [0.5, 0.6) is 11.5 Å². The summed E-state index contributed by atoms with van der Waals surface area (Å²) < 4.78 is 10.9. The summed E-state index contributed by atoms with van der Waals surface area (Å²) >= 11 is 6.76. The molecule has 2 bridgehead atoms. The molecule has 5 saturated heterocycles. The standard InChI is InChI=1S/C48H70O4S11/c1-4-47(49)51-37-22-16-20-35(27-37)18-12-8-6-10-14-24-41-44(30-45-43-29-40(56-43)32-54-62-63-61-45)59-60-46(33-53-31-39-26-34(3)55-39)42(58-57-41)25-15-11-7-9-13-19-36-21-17-23-38(28-36)52-48(50)5-2/h16-17,20-23,27-28,34,39-46H,4-15,18-19,24-26,29-33H2,1-3H3. The van der Waals surface area contributed by atoms with Crippen LogP contribution in [-0.4, -0.2) is 76.4 Å². The molecule has 9 atom stereocenters. The first-order valence-corrected chi connectivity index (χ1v) is 36.2. The molecule has 0 aliphatic carbocycles. The van der Waals surface area contributed by atoms with Crippen LogP contribution >= 0.6 is 120 Å². The molecule has 2 aromatic carbocycles. The molecule has 15 heteroatoms. The van der Waals surface area contributed by atoms with E-state index < -0.39 is 0 Å². The van der Waals surface area contributed by atoms with Gasteiger partial charge in [0, 0.05) is 77.3 Å². The molecule has 0 aromatic heterocycles. The van der Waals surface area contributed by atoms with Crippen molar-refractivity contribution in [3.8, 4) is 11.5 Å². The van der Waals surface area contributed by atoms with Crippen molar-refractivity contribution in [2.75, 3.05) is 17.3 Å². The Labute approximate surface area is 425 Å². The van der Waals surface area contributed by atoms with Gasteiger partial charge in [0.15, 0.2) is 0 Å². The number of benzene rings is 2. The van der Waals surface area contributed by atoms with Crippen molar-refractivity contribution in [2.45, 2.75) is 190 Å². The summed E-state index contributed by atoms with van der Waals surface area (Å²) in [7, 11) is 17.6. The largest absolute Gasteiger partial charge is 0.427 e. The minimum Gasteiger partial charge on any atom is -0.427 e. The van der Waals surface area contributed by atoms with Gasteiger partial charge in [-0.3, -0.25) is 9.59 Å². The van der Waals surface area contributed by atoms with Crippen molar-refractivity contribution in [1.82, 2.24) is 0 Å². The molecule has 9 unspecified atom stereocenters. The van der Waals surface area contributed by atoms with Crippen LogP contribution in [0.15, 0.2) is 48.5 Å². The predicted octanol–water partition coefficient (Wildman–Crippen LogP) is 17.0. The summed E-state index contributed by atoms with van der Waals surface area (Å²) in [4.78, 5) is 23.6. The molecule has 0 radical (unpaired) electrons. The lowest BCUT2D eigenvalue weighted by atomic mass is 10.0. The third-order valence-electron chi connectivity index (χ3n) is 12.0. The summed E-state index contributed by atoms with van der Waals surface area (Å²) in [6, 6.07) is 16.2. The maximum Gasteiger partial charge on any atom is 0.310 e. The van der Waals surface area contributed by atoms with E-state index in [1.807, 2.05) is 60.1 Å². The average molecular weight is 1060 g/mol. The average Bonchev–Trinajstić information content (AvgIpc) is 3.42. The molecular weight excluding hydrogens is 993 g/mol. The fraction of sp³-hybridized carbons (Fsp3) is 0.708. The third kappa shape index (κ3) is 19.9. The maximum absolute atomic E-state index is 11.8. The lowest BCUT2D eigenvalue weighted by Crippen LogP contribution is -2.38. The predicted molar refractivity (Wildman–Crippen MR) is 299 cm³/mol. The molecule has 5 heterocycles. The van der Waals surface area contributed by atoms with Crippen LogP contribution in [0, 0.1) is 0 Å². The van der Waals surface area contributed by atoms with Gasteiger partial charge in [-0.1, -0.05) is 161 Å². The second kappa shape index (κ2) is 30.8. The highest BCUT2D eigenvalue weighted by Crippen LogP contribution is 2.58. The molecular formula is C48H70O4S11. The van der Waals surface area contributed by atoms with E-state index in [1.165, 1.54) is 125 Å². The number of carbonyl (C=O) groups is 2. The van der Waals surface area contributed by atoms with Gasteiger partial charge in [-0.05, 0) is 113 Å². The molecule has 63 heavy (non-hydrogen) atoms. The normalized spacial score (nSPS) is 27.4. The van der Waals surface area contributed by atoms with Crippen LogP contribution in [-0.2, 0) is 22.4 Å². The Morgan fingerprint density at radius 1 is 0.619 bits per heavy atom. The summed E-state index contributed by atoms with van der Waals surface area (Å²) in [5.74, 6) is 4.94. The topological polar surface area (TPSA) is 52.6 Å². The summed E-state index contributed by atoms with van der Waals surface area (Å²) in [6.07, 6.45) is 22.5. The van der Waals surface area contributed by atoms with Crippen LogP contribution in [0.3, 0.4) is 0 Å². The molecule has 0 saturated carbocycles. The first-order chi connectivity index (χ1) is 30.8. The van der Waals surface area contributed by atoms with Gasteiger partial charge in [0.25, 0.3) is 0 Å². The number of hydrogen-bond donors (Lipinski definition) is 0. The lowest BCUT2D eigenvalue weighted by Gasteiger charge is -2.41. The third-order valence-corrected chi connectivity index (χ3v) is 31.4. The van der Waals surface area contributed by atoms with Crippen LogP contribution in [0.1, 0.15) is 141 Å². The van der Waals surface area contributed by atoms with Gasteiger partial charge in [-0.2, -0.15) is 35.3 Å². The Morgan fingerprint density at radius 3 is 1.75 bits per heavy atom. The number of unbranched alkanes of at least 4 members (excludes halogenated alkanes) is 8. The zero-order chi connectivity index (χ0) is 44.1. The van der Waals surface area contributed by atoms with E-state index in [0.717, 1.165) is 39.1 Å². The first-order valence-electron chi connectivity index (χ1n) is 23.6. The number of aryl methyl sites for hydroxylation is 2. The van der Waals surface area contributed by atoms with Gasteiger partial charge < -0.3 is 9.47 Å². The van der Waals surface area contributed by atoms with Gasteiger partial charge in [0.2, 0.25) is 0 Å². The lowest BCUT2D eigenvalue weighted by molar-refractivity contribution is -0.134. The molecule has 5 aliphatic heterocycles. The highest BCUT2D eigenvalue weighted by atomic mass is 33.7. The van der Waals surface area contributed by atoms with Crippen molar-refractivity contribution >= 4 is 132 Å². The quantitative estimate of drug-likeness (QED) is 0.0389. The number of carbonyl (C=O) groups excluding carboxylic acids is 2. The van der Waals surface area contributed by atoms with Crippen LogP contribution in [0.4, 0.5) is 0 Å². The molecule has 7 rings (SSSR count). The van der Waals surface area contributed by atoms with Gasteiger partial charge in [-0.25, -0.2) is 0 Å². The number of esters is 2. The van der Waals surface area contributed by atoms with E-state index in [1.54, 1.807) is 0 Å². The van der Waals surface area contributed by atoms with Crippen molar-refractivity contribution in [3.63, 3.8) is 0 Å². The highest BCUT2D eigenvalue weighted by molar-refractivity contribution is 9.26. The van der Waals surface area contributed by atoms with Crippen LogP contribution in [0.25, 0.3) is 0 Å². The van der Waals surface area contributed by atoms with E-state index in [0.29, 0.717) is 45.3 Å². The monoisotopic (exact) mass is 1060 g/mol. The van der Waals surface area contributed by atoms with E-state index in [9.17, 15) is 9.59 Å². The zero-order valence-corrected chi connectivity index (χ0v) is 46.5. The summed E-state index contributed by atoms with van der Waals surface area (Å²) in [6.45, 7) is 6.07. The fourth-order valence-corrected chi connectivity index (χ4v) is 29.5. The van der Waals surface area contributed by atoms with Crippen molar-refractivity contribution in [3.05, 3.63) is 59.7 Å². The molecule has 2 aromatic rings. The maximum atomic E-state index is 11.8. The second-order valence-corrected chi connectivity index (χ2v) is 33.3. The summed E-state index contributed by atoms with van der Waals surface area (Å²) in [5.41, 5.74) is 2.53. The molecule has 4 nitrogen and oxygen atoms in total. The van der Waals surface area contributed by atoms with E-state index in [2.05, 4.69) is 129 Å². The highest BCUT2D eigenvalue weighted by Gasteiger charge is 2.41. The number of ether oxygens (including phenoxy) is 2. The number of fused-ring (bicyclic) bond motifs is 5. The molecule has 0 spiro atoms. The number of hydrogen-bond acceptors (Lipinski definition) is 15. The van der Waals surface area contributed by atoms with Crippen LogP contribution in [0.2, 0.25) is 0 Å². The first kappa shape index (κ1) is 53.6. The Balaban J connectivity index is 0.998. The van der Waals surface area contributed by atoms with Gasteiger partial charge in [0.05, 0.1) is 0 Å². The Kier molecular flexibility index (Phi) is 26.2. The molecule has 5 aliphatic rings. The van der Waals surface area contributed by atoms with Gasteiger partial charge in [-0.15, -0.1) is 0 Å². The SMILES string of the molecule is CCC(=O)Oc1cccc(CCCCCCCC2SSC(CCCCCCCc3cccc(OC(=O)CC)c3)C(CC3SSSSCC4CC3S4)SSC2CSCC2CC(C)S2)c1. The smallest absolute Gasteiger partial charge is 0.310 e. The minimum atomic E-state index is -0.169. The summed E-state index contributed by atoms with van der Waals surface area (Å²) in [5, 5.41) is 6.98. The van der Waals surface area contributed by atoms with Gasteiger partial charge in [0.1, 0.15) is 11.5 Å². The zero-order valence-electron chi connectivity index (χ0n) is 37.5. The van der Waals surface area contributed by atoms with Crippen molar-refractivity contribution in [2.24, 2.45) is 0 Å². The van der Waals surface area contributed by atoms with E-state index >= 15 is 0 Å². The Morgan fingerprint density at radius 2 is 1.16 bits per heavy atom. The molecule has 5 fully saturated rings. The Bertz CT molecular complexity index is 1630. The van der Waals surface area contributed by atoms with E-state index in [4.69, 9.17) is 9.47 Å². The number of rotatable bonds is 26. The van der Waals surface area contributed by atoms with Crippen LogP contribution < -0.4 is 9.47 Å². The van der Waals surface area contributed by atoms with E-state index in [-0.39, 0.29) is 11.9 Å². The van der Waals surface area contributed by atoms with Crippen molar-refractivity contribution in [1.29, 1.82) is 0 Å².